The normalized spacial score (nSPS) is 15.8. The molecule has 1 aromatic carbocycles. The molecule has 2 aromatic rings. The summed E-state index contributed by atoms with van der Waals surface area (Å²) >= 11 is 12.0. The van der Waals surface area contributed by atoms with E-state index in [1.54, 1.807) is 12.1 Å². The second-order valence-electron chi connectivity index (χ2n) is 7.25. The van der Waals surface area contributed by atoms with Crippen molar-refractivity contribution in [1.29, 1.82) is 0 Å². The van der Waals surface area contributed by atoms with Crippen molar-refractivity contribution in [3.8, 4) is 5.75 Å². The van der Waals surface area contributed by atoms with Gasteiger partial charge in [0, 0.05) is 11.3 Å². The molecule has 2 heterocycles. The Balaban J connectivity index is 2.17. The third-order valence-electron chi connectivity index (χ3n) is 3.71. The van der Waals surface area contributed by atoms with Gasteiger partial charge in [-0.1, -0.05) is 57.8 Å². The van der Waals surface area contributed by atoms with E-state index in [9.17, 15) is 5.11 Å². The predicted molar refractivity (Wildman–Crippen MR) is 101 cm³/mol. The van der Waals surface area contributed by atoms with Crippen LogP contribution >= 0.6 is 23.2 Å². The molecule has 0 saturated heterocycles. The van der Waals surface area contributed by atoms with E-state index < -0.39 is 0 Å². The molecule has 6 nitrogen and oxygen atoms in total. The first-order valence-electron chi connectivity index (χ1n) is 7.91. The number of aromatic hydroxyl groups is 1. The van der Waals surface area contributed by atoms with E-state index in [0.717, 1.165) is 5.71 Å². The van der Waals surface area contributed by atoms with Gasteiger partial charge in [0.25, 0.3) is 0 Å². The summed E-state index contributed by atoms with van der Waals surface area (Å²) in [5.41, 5.74) is 1.68. The summed E-state index contributed by atoms with van der Waals surface area (Å²) < 4.78 is 0. The lowest BCUT2D eigenvalue weighted by atomic mass is 9.87. The van der Waals surface area contributed by atoms with E-state index in [4.69, 9.17) is 23.2 Å². The van der Waals surface area contributed by atoms with Gasteiger partial charge in [0.1, 0.15) is 5.71 Å². The summed E-state index contributed by atoms with van der Waals surface area (Å²) in [5.74, 6) is 1.33. The van der Waals surface area contributed by atoms with Crippen LogP contribution in [-0.2, 0) is 0 Å². The molecule has 1 aliphatic rings. The fraction of sp³-hybridized carbons (Fsp3) is 0.412. The van der Waals surface area contributed by atoms with Crippen molar-refractivity contribution in [3.63, 3.8) is 0 Å². The Morgan fingerprint density at radius 3 is 2.28 bits per heavy atom. The fourth-order valence-electron chi connectivity index (χ4n) is 2.38. The third-order valence-corrected chi connectivity index (χ3v) is 4.28. The van der Waals surface area contributed by atoms with Crippen LogP contribution in [0.4, 0.5) is 5.69 Å². The van der Waals surface area contributed by atoms with Gasteiger partial charge in [-0.2, -0.15) is 5.10 Å². The first-order valence-corrected chi connectivity index (χ1v) is 8.67. The molecule has 0 bridgehead atoms. The number of aliphatic imine (C=N–C) groups is 1. The molecule has 3 rings (SSSR count). The zero-order valence-corrected chi connectivity index (χ0v) is 16.2. The van der Waals surface area contributed by atoms with Gasteiger partial charge in [0.2, 0.25) is 5.82 Å². The van der Waals surface area contributed by atoms with Crippen molar-refractivity contribution < 1.29 is 5.11 Å². The van der Waals surface area contributed by atoms with E-state index in [2.05, 4.69) is 20.2 Å². The zero-order chi connectivity index (χ0) is 18.5. The molecule has 1 aliphatic heterocycles. The topological polar surface area (TPSA) is 75.7 Å². The van der Waals surface area contributed by atoms with Crippen molar-refractivity contribution >= 4 is 40.3 Å². The largest absolute Gasteiger partial charge is 0.505 e. The lowest BCUT2D eigenvalue weighted by Crippen LogP contribution is -2.27. The number of nitrogens with zero attached hydrogens (tertiary/aromatic N) is 5. The number of halogens is 2. The SMILES string of the molecule is CC(C)c1nc2n(n1)N=C(C(C)(C)C)C2=Nc1cc(Cl)c(O)c(Cl)c1. The maximum atomic E-state index is 9.73. The standard InChI is InChI=1S/C17H19Cl2N5O/c1-8(2)15-21-16-12(14(17(3,4)5)22-24(16)23-15)20-9-6-10(18)13(25)11(19)7-9/h6-8,25H,1-5H3. The second kappa shape index (κ2) is 6.11. The van der Waals surface area contributed by atoms with Gasteiger partial charge in [-0.25, -0.2) is 9.98 Å². The van der Waals surface area contributed by atoms with E-state index in [0.29, 0.717) is 23.0 Å². The van der Waals surface area contributed by atoms with E-state index in [1.807, 2.05) is 34.6 Å². The van der Waals surface area contributed by atoms with Crippen LogP contribution in [-0.4, -0.2) is 31.4 Å². The Bertz CT molecular complexity index is 883. The van der Waals surface area contributed by atoms with Crippen molar-refractivity contribution in [2.75, 3.05) is 0 Å². The number of phenols is 1. The first-order chi connectivity index (χ1) is 11.6. The summed E-state index contributed by atoms with van der Waals surface area (Å²) in [6.07, 6.45) is 0. The van der Waals surface area contributed by atoms with Gasteiger partial charge in [-0.05, 0) is 12.1 Å². The van der Waals surface area contributed by atoms with Gasteiger partial charge in [0.15, 0.2) is 11.6 Å². The highest BCUT2D eigenvalue weighted by atomic mass is 35.5. The van der Waals surface area contributed by atoms with Crippen LogP contribution in [0.5, 0.6) is 5.75 Å². The molecule has 0 aliphatic carbocycles. The minimum Gasteiger partial charge on any atom is -0.505 e. The molecular formula is C17H19Cl2N5O. The predicted octanol–water partition coefficient (Wildman–Crippen LogP) is 4.80. The number of aromatic nitrogens is 3. The molecule has 25 heavy (non-hydrogen) atoms. The molecule has 0 unspecified atom stereocenters. The minimum absolute atomic E-state index is 0.142. The maximum absolute atomic E-state index is 9.73. The lowest BCUT2D eigenvalue weighted by Gasteiger charge is -2.18. The summed E-state index contributed by atoms with van der Waals surface area (Å²) in [4.78, 5) is 10.8. The molecular weight excluding hydrogens is 361 g/mol. The maximum Gasteiger partial charge on any atom is 0.204 e. The second-order valence-corrected chi connectivity index (χ2v) is 8.07. The highest BCUT2D eigenvalue weighted by Gasteiger charge is 2.35. The Morgan fingerprint density at radius 2 is 1.76 bits per heavy atom. The number of benzene rings is 1. The summed E-state index contributed by atoms with van der Waals surface area (Å²) in [7, 11) is 0. The molecule has 1 aromatic heterocycles. The van der Waals surface area contributed by atoms with Crippen LogP contribution < -0.4 is 0 Å². The summed E-state index contributed by atoms with van der Waals surface area (Å²) in [6, 6.07) is 3.11. The molecule has 8 heteroatoms. The van der Waals surface area contributed by atoms with E-state index in [-0.39, 0.29) is 27.1 Å². The summed E-state index contributed by atoms with van der Waals surface area (Å²) in [6.45, 7) is 10.2. The van der Waals surface area contributed by atoms with Crippen LogP contribution in [0.3, 0.4) is 0 Å². The molecule has 0 amide bonds. The Kier molecular flexibility index (Phi) is 4.37. The summed E-state index contributed by atoms with van der Waals surface area (Å²) in [5, 5.41) is 19.0. The smallest absolute Gasteiger partial charge is 0.204 e. The van der Waals surface area contributed by atoms with Gasteiger partial charge >= 0.3 is 0 Å². The monoisotopic (exact) mass is 379 g/mol. The van der Waals surface area contributed by atoms with E-state index in [1.165, 1.54) is 4.79 Å². The van der Waals surface area contributed by atoms with Crippen molar-refractivity contribution in [2.45, 2.75) is 40.5 Å². The molecule has 1 N–H and O–H groups in total. The first kappa shape index (κ1) is 17.9. The number of hydrogen-bond acceptors (Lipinski definition) is 5. The van der Waals surface area contributed by atoms with Gasteiger partial charge in [0.05, 0.1) is 21.4 Å². The molecule has 0 fully saturated rings. The van der Waals surface area contributed by atoms with Crippen LogP contribution in [0.15, 0.2) is 22.2 Å². The molecule has 0 radical (unpaired) electrons. The average Bonchev–Trinajstić information content (AvgIpc) is 3.03. The van der Waals surface area contributed by atoms with Gasteiger partial charge in [-0.3, -0.25) is 0 Å². The van der Waals surface area contributed by atoms with Crippen LogP contribution in [0.2, 0.25) is 10.0 Å². The van der Waals surface area contributed by atoms with Crippen molar-refractivity contribution in [1.82, 2.24) is 14.9 Å². The fourth-order valence-corrected chi connectivity index (χ4v) is 2.86. The number of phenolic OH excluding ortho intramolecular Hbond substituents is 1. The quantitative estimate of drug-likeness (QED) is 0.813. The highest BCUT2D eigenvalue weighted by molar-refractivity contribution is 6.50. The lowest BCUT2D eigenvalue weighted by molar-refractivity contribution is 0.476. The molecule has 0 saturated carbocycles. The van der Waals surface area contributed by atoms with Crippen molar-refractivity contribution in [3.05, 3.63) is 33.8 Å². The van der Waals surface area contributed by atoms with Gasteiger partial charge in [-0.15, -0.1) is 9.89 Å². The Labute approximate surface area is 156 Å². The molecule has 0 spiro atoms. The van der Waals surface area contributed by atoms with Crippen molar-refractivity contribution in [2.24, 2.45) is 15.5 Å². The average molecular weight is 380 g/mol. The Hall–Kier alpha value is -1.92. The minimum atomic E-state index is -0.246. The molecule has 0 atom stereocenters. The number of fused-ring (bicyclic) bond motifs is 1. The van der Waals surface area contributed by atoms with Crippen LogP contribution in [0, 0.1) is 5.41 Å². The number of rotatable bonds is 2. The van der Waals surface area contributed by atoms with Crippen LogP contribution in [0.25, 0.3) is 0 Å². The zero-order valence-electron chi connectivity index (χ0n) is 14.7. The van der Waals surface area contributed by atoms with E-state index >= 15 is 0 Å². The van der Waals surface area contributed by atoms with Crippen LogP contribution in [0.1, 0.15) is 52.2 Å². The third kappa shape index (κ3) is 3.28. The molecule has 132 valence electrons. The Morgan fingerprint density at radius 1 is 1.16 bits per heavy atom. The number of hydrogen-bond donors (Lipinski definition) is 1. The highest BCUT2D eigenvalue weighted by Crippen LogP contribution is 2.36. The van der Waals surface area contributed by atoms with Gasteiger partial charge < -0.3 is 5.11 Å².